The van der Waals surface area contributed by atoms with E-state index in [2.05, 4.69) is 27.9 Å². The lowest BCUT2D eigenvalue weighted by Gasteiger charge is -2.22. The lowest BCUT2D eigenvalue weighted by molar-refractivity contribution is 0.364. The zero-order valence-corrected chi connectivity index (χ0v) is 10.7. The minimum Gasteiger partial charge on any atom is -0.369 e. The van der Waals surface area contributed by atoms with Gasteiger partial charge in [-0.3, -0.25) is 0 Å². The predicted molar refractivity (Wildman–Crippen MR) is 69.0 cm³/mol. The van der Waals surface area contributed by atoms with E-state index in [0.29, 0.717) is 0 Å². The van der Waals surface area contributed by atoms with E-state index in [-0.39, 0.29) is 0 Å². The third-order valence-electron chi connectivity index (χ3n) is 3.31. The van der Waals surface area contributed by atoms with Crippen molar-refractivity contribution >= 4 is 5.82 Å². The predicted octanol–water partition coefficient (Wildman–Crippen LogP) is 1.49. The minimum absolute atomic E-state index is 0.826. The van der Waals surface area contributed by atoms with Gasteiger partial charge in [0.2, 0.25) is 0 Å². The van der Waals surface area contributed by atoms with Gasteiger partial charge in [-0.25, -0.2) is 4.68 Å². The number of aromatic nitrogens is 3. The lowest BCUT2D eigenvalue weighted by Crippen LogP contribution is -2.30. The second-order valence-corrected chi connectivity index (χ2v) is 4.77. The summed E-state index contributed by atoms with van der Waals surface area (Å²) >= 11 is 0. The first-order chi connectivity index (χ1) is 8.40. The van der Waals surface area contributed by atoms with E-state index < -0.39 is 0 Å². The Morgan fingerprint density at radius 1 is 1.59 bits per heavy atom. The Morgan fingerprint density at radius 2 is 2.53 bits per heavy atom. The molecule has 5 nitrogen and oxygen atoms in total. The number of rotatable bonds is 6. The number of hydrogen-bond acceptors (Lipinski definition) is 4. The fraction of sp³-hybridized carbons (Fsp3) is 0.833. The van der Waals surface area contributed by atoms with Crippen molar-refractivity contribution in [2.24, 2.45) is 5.92 Å². The molecule has 0 amide bonds. The van der Waals surface area contributed by atoms with Crippen LogP contribution in [0.2, 0.25) is 0 Å². The number of aryl methyl sites for hydroxylation is 1. The number of nitrogens with one attached hydrogen (secondary N) is 2. The normalized spacial score (nSPS) is 20.4. The zero-order chi connectivity index (χ0) is 11.9. The van der Waals surface area contributed by atoms with Gasteiger partial charge in [0.15, 0.2) is 0 Å². The molecule has 0 aromatic carbocycles. The van der Waals surface area contributed by atoms with Crippen LogP contribution in [0.1, 0.15) is 32.6 Å². The zero-order valence-electron chi connectivity index (χ0n) is 10.7. The fourth-order valence-electron chi connectivity index (χ4n) is 2.35. The molecule has 1 aromatic heterocycles. The average Bonchev–Trinajstić information content (AvgIpc) is 2.79. The molecule has 2 N–H and O–H groups in total. The summed E-state index contributed by atoms with van der Waals surface area (Å²) < 4.78 is 1.94. The first kappa shape index (κ1) is 12.4. The molecule has 0 aliphatic carbocycles. The van der Waals surface area contributed by atoms with Crippen molar-refractivity contribution in [3.63, 3.8) is 0 Å². The Balaban J connectivity index is 1.71. The van der Waals surface area contributed by atoms with Gasteiger partial charge in [-0.2, -0.15) is 0 Å². The van der Waals surface area contributed by atoms with E-state index in [0.717, 1.165) is 31.2 Å². The highest BCUT2D eigenvalue weighted by Crippen LogP contribution is 2.14. The first-order valence-electron chi connectivity index (χ1n) is 6.73. The van der Waals surface area contributed by atoms with Crippen LogP contribution in [-0.4, -0.2) is 34.6 Å². The highest BCUT2D eigenvalue weighted by atomic mass is 15.4. The van der Waals surface area contributed by atoms with E-state index in [1.807, 2.05) is 10.9 Å². The molecule has 2 heterocycles. The van der Waals surface area contributed by atoms with Crippen molar-refractivity contribution in [1.82, 2.24) is 20.3 Å². The molecule has 1 aliphatic heterocycles. The van der Waals surface area contributed by atoms with Gasteiger partial charge in [0.25, 0.3) is 0 Å². The summed E-state index contributed by atoms with van der Waals surface area (Å²) in [6, 6.07) is 0. The van der Waals surface area contributed by atoms with Crippen LogP contribution in [-0.2, 0) is 6.54 Å². The molecule has 1 atom stereocenters. The molecule has 1 aliphatic rings. The van der Waals surface area contributed by atoms with E-state index in [4.69, 9.17) is 0 Å². The summed E-state index contributed by atoms with van der Waals surface area (Å²) in [6.45, 7) is 6.47. The molecular weight excluding hydrogens is 214 g/mol. The van der Waals surface area contributed by atoms with Gasteiger partial charge in [-0.05, 0) is 44.7 Å². The summed E-state index contributed by atoms with van der Waals surface area (Å²) in [5, 5.41) is 14.9. The largest absolute Gasteiger partial charge is 0.369 e. The molecule has 96 valence electrons. The Morgan fingerprint density at radius 3 is 3.29 bits per heavy atom. The van der Waals surface area contributed by atoms with E-state index in [1.54, 1.807) is 0 Å². The molecule has 1 saturated heterocycles. The number of hydrogen-bond donors (Lipinski definition) is 2. The fourth-order valence-corrected chi connectivity index (χ4v) is 2.35. The quantitative estimate of drug-likeness (QED) is 0.787. The van der Waals surface area contributed by atoms with Crippen LogP contribution in [0.3, 0.4) is 0 Å². The topological polar surface area (TPSA) is 54.8 Å². The van der Waals surface area contributed by atoms with Gasteiger partial charge >= 0.3 is 0 Å². The van der Waals surface area contributed by atoms with Gasteiger partial charge in [-0.15, -0.1) is 5.10 Å². The van der Waals surface area contributed by atoms with Gasteiger partial charge in [0, 0.05) is 13.1 Å². The van der Waals surface area contributed by atoms with Crippen LogP contribution in [0.4, 0.5) is 5.82 Å². The first-order valence-corrected chi connectivity index (χ1v) is 6.73. The van der Waals surface area contributed by atoms with Gasteiger partial charge in [0.1, 0.15) is 5.82 Å². The summed E-state index contributed by atoms with van der Waals surface area (Å²) in [5.74, 6) is 1.88. The molecule has 0 radical (unpaired) electrons. The van der Waals surface area contributed by atoms with E-state index in [1.165, 1.54) is 32.4 Å². The van der Waals surface area contributed by atoms with Crippen LogP contribution >= 0.6 is 0 Å². The Labute approximate surface area is 103 Å². The van der Waals surface area contributed by atoms with Crippen molar-refractivity contribution in [2.45, 2.75) is 39.2 Å². The number of anilines is 1. The molecule has 1 aromatic rings. The number of nitrogens with zero attached hydrogens (tertiary/aromatic N) is 3. The minimum atomic E-state index is 0.826. The van der Waals surface area contributed by atoms with Crippen molar-refractivity contribution in [3.8, 4) is 0 Å². The summed E-state index contributed by atoms with van der Waals surface area (Å²) in [6.07, 6.45) is 6.81. The Hall–Kier alpha value is -1.10. The SMILES string of the molecule is CCCn1nncc1NCCC1CCCNC1. The smallest absolute Gasteiger partial charge is 0.144 e. The van der Waals surface area contributed by atoms with E-state index in [9.17, 15) is 0 Å². The second kappa shape index (κ2) is 6.59. The van der Waals surface area contributed by atoms with Crippen LogP contribution < -0.4 is 10.6 Å². The van der Waals surface area contributed by atoms with Gasteiger partial charge in [-0.1, -0.05) is 12.1 Å². The summed E-state index contributed by atoms with van der Waals surface area (Å²) in [5.41, 5.74) is 0. The monoisotopic (exact) mass is 237 g/mol. The highest BCUT2D eigenvalue weighted by Gasteiger charge is 2.12. The van der Waals surface area contributed by atoms with Gasteiger partial charge in [0.05, 0.1) is 6.20 Å². The summed E-state index contributed by atoms with van der Waals surface area (Å²) in [4.78, 5) is 0. The number of piperidine rings is 1. The molecule has 2 rings (SSSR count). The maximum Gasteiger partial charge on any atom is 0.144 e. The molecule has 17 heavy (non-hydrogen) atoms. The van der Waals surface area contributed by atoms with Crippen LogP contribution in [0.15, 0.2) is 6.20 Å². The molecule has 1 unspecified atom stereocenters. The third kappa shape index (κ3) is 3.70. The van der Waals surface area contributed by atoms with Crippen molar-refractivity contribution in [3.05, 3.63) is 6.20 Å². The second-order valence-electron chi connectivity index (χ2n) is 4.77. The third-order valence-corrected chi connectivity index (χ3v) is 3.31. The van der Waals surface area contributed by atoms with Crippen molar-refractivity contribution in [2.75, 3.05) is 25.0 Å². The summed E-state index contributed by atoms with van der Waals surface area (Å²) in [7, 11) is 0. The maximum atomic E-state index is 4.06. The molecule has 0 spiro atoms. The van der Waals surface area contributed by atoms with Crippen molar-refractivity contribution in [1.29, 1.82) is 0 Å². The van der Waals surface area contributed by atoms with Gasteiger partial charge < -0.3 is 10.6 Å². The Bertz CT molecular complexity index is 316. The van der Waals surface area contributed by atoms with Crippen LogP contribution in [0, 0.1) is 5.92 Å². The van der Waals surface area contributed by atoms with Crippen molar-refractivity contribution < 1.29 is 0 Å². The molecular formula is C12H23N5. The van der Waals surface area contributed by atoms with Crippen LogP contribution in [0.5, 0.6) is 0 Å². The Kier molecular flexibility index (Phi) is 4.79. The van der Waals surface area contributed by atoms with E-state index >= 15 is 0 Å². The molecule has 0 saturated carbocycles. The average molecular weight is 237 g/mol. The lowest BCUT2D eigenvalue weighted by atomic mass is 9.96. The molecule has 1 fully saturated rings. The highest BCUT2D eigenvalue weighted by molar-refractivity contribution is 5.30. The standard InChI is InChI=1S/C12H23N5/c1-2-8-17-12(10-15-16-17)14-7-5-11-4-3-6-13-9-11/h10-11,13-14H,2-9H2,1H3. The molecule has 0 bridgehead atoms. The molecule has 5 heteroatoms. The maximum absolute atomic E-state index is 4.06. The van der Waals surface area contributed by atoms with Crippen LogP contribution in [0.25, 0.3) is 0 Å².